The van der Waals surface area contributed by atoms with Crippen molar-refractivity contribution in [1.29, 1.82) is 0 Å². The fourth-order valence-electron chi connectivity index (χ4n) is 2.90. The number of anilines is 1. The first-order chi connectivity index (χ1) is 11.3. The van der Waals surface area contributed by atoms with E-state index in [2.05, 4.69) is 14.9 Å². The van der Waals surface area contributed by atoms with Crippen LogP contribution in [0, 0.1) is 0 Å². The molecule has 0 aliphatic heterocycles. The molecule has 1 fully saturated rings. The van der Waals surface area contributed by atoms with Crippen LogP contribution in [0.4, 0.5) is 5.69 Å². The number of rotatable bonds is 6. The lowest BCUT2D eigenvalue weighted by atomic mass is 10.2. The van der Waals surface area contributed by atoms with Crippen molar-refractivity contribution < 1.29 is 9.53 Å². The summed E-state index contributed by atoms with van der Waals surface area (Å²) in [4.78, 5) is 16.5. The molecule has 1 heterocycles. The van der Waals surface area contributed by atoms with Crippen LogP contribution in [0.15, 0.2) is 41.8 Å². The standard InChI is InChI=1S/C17H21N3O2S/c1-22-15-8-4-5-13(11-15)19-16(21)12-23-17-18-9-10-20(17)14-6-2-3-7-14/h4-5,8-11,14H,2-3,6-7,12H2,1H3,(H,19,21). The Morgan fingerprint density at radius 3 is 3.04 bits per heavy atom. The SMILES string of the molecule is COc1cccc(NC(=O)CSc2nccn2C2CCCC2)c1. The highest BCUT2D eigenvalue weighted by Gasteiger charge is 2.19. The van der Waals surface area contributed by atoms with E-state index in [-0.39, 0.29) is 5.91 Å². The van der Waals surface area contributed by atoms with Gasteiger partial charge in [0.05, 0.1) is 12.9 Å². The van der Waals surface area contributed by atoms with Gasteiger partial charge in [0, 0.05) is 30.2 Å². The minimum absolute atomic E-state index is 0.0378. The molecule has 0 atom stereocenters. The molecule has 1 N–H and O–H groups in total. The number of aromatic nitrogens is 2. The Morgan fingerprint density at radius 1 is 1.43 bits per heavy atom. The van der Waals surface area contributed by atoms with E-state index in [1.165, 1.54) is 37.4 Å². The van der Waals surface area contributed by atoms with Gasteiger partial charge < -0.3 is 14.6 Å². The summed E-state index contributed by atoms with van der Waals surface area (Å²) in [5, 5.41) is 3.82. The van der Waals surface area contributed by atoms with E-state index in [4.69, 9.17) is 4.74 Å². The molecule has 0 bridgehead atoms. The molecule has 6 heteroatoms. The first-order valence-corrected chi connectivity index (χ1v) is 8.84. The molecule has 5 nitrogen and oxygen atoms in total. The van der Waals surface area contributed by atoms with Crippen LogP contribution >= 0.6 is 11.8 Å². The summed E-state index contributed by atoms with van der Waals surface area (Å²) in [5.41, 5.74) is 0.745. The van der Waals surface area contributed by atoms with Gasteiger partial charge in [0.2, 0.25) is 5.91 Å². The van der Waals surface area contributed by atoms with E-state index >= 15 is 0 Å². The third kappa shape index (κ3) is 4.07. The van der Waals surface area contributed by atoms with E-state index < -0.39 is 0 Å². The van der Waals surface area contributed by atoms with Crippen LogP contribution in [0.2, 0.25) is 0 Å². The van der Waals surface area contributed by atoms with Crippen molar-refractivity contribution in [2.24, 2.45) is 0 Å². The van der Waals surface area contributed by atoms with Crippen LogP contribution in [0.25, 0.3) is 0 Å². The Labute approximate surface area is 140 Å². The number of nitrogens with zero attached hydrogens (tertiary/aromatic N) is 2. The molecule has 1 saturated carbocycles. The number of carbonyl (C=O) groups is 1. The second kappa shape index (κ2) is 7.55. The first-order valence-electron chi connectivity index (χ1n) is 7.86. The van der Waals surface area contributed by atoms with Gasteiger partial charge in [0.15, 0.2) is 5.16 Å². The number of hydrogen-bond acceptors (Lipinski definition) is 4. The number of benzene rings is 1. The minimum atomic E-state index is -0.0378. The van der Waals surface area contributed by atoms with Gasteiger partial charge in [-0.1, -0.05) is 30.7 Å². The third-order valence-corrected chi connectivity index (χ3v) is 5.02. The lowest BCUT2D eigenvalue weighted by molar-refractivity contribution is -0.113. The molecule has 0 unspecified atom stereocenters. The van der Waals surface area contributed by atoms with Crippen molar-refractivity contribution in [2.75, 3.05) is 18.2 Å². The highest BCUT2D eigenvalue weighted by Crippen LogP contribution is 2.32. The molecular formula is C17H21N3O2S. The third-order valence-electron chi connectivity index (χ3n) is 4.04. The van der Waals surface area contributed by atoms with E-state index in [1.807, 2.05) is 36.7 Å². The Balaban J connectivity index is 1.56. The fourth-order valence-corrected chi connectivity index (χ4v) is 3.73. The quantitative estimate of drug-likeness (QED) is 0.819. The van der Waals surface area contributed by atoms with Crippen LogP contribution in [0.5, 0.6) is 5.75 Å². The average molecular weight is 331 g/mol. The molecule has 122 valence electrons. The molecular weight excluding hydrogens is 310 g/mol. The smallest absolute Gasteiger partial charge is 0.234 e. The van der Waals surface area contributed by atoms with E-state index in [9.17, 15) is 4.79 Å². The molecule has 0 saturated heterocycles. The van der Waals surface area contributed by atoms with Gasteiger partial charge in [-0.05, 0) is 25.0 Å². The van der Waals surface area contributed by atoms with E-state index in [0.29, 0.717) is 11.8 Å². The molecule has 23 heavy (non-hydrogen) atoms. The largest absolute Gasteiger partial charge is 0.497 e. The Morgan fingerprint density at radius 2 is 2.26 bits per heavy atom. The van der Waals surface area contributed by atoms with Crippen LogP contribution in [-0.2, 0) is 4.79 Å². The van der Waals surface area contributed by atoms with Crippen molar-refractivity contribution in [3.05, 3.63) is 36.7 Å². The Bertz CT molecular complexity index is 665. The van der Waals surface area contributed by atoms with E-state index in [1.54, 1.807) is 7.11 Å². The zero-order chi connectivity index (χ0) is 16.1. The summed E-state index contributed by atoms with van der Waals surface area (Å²) in [6.45, 7) is 0. The van der Waals surface area contributed by atoms with Crippen molar-refractivity contribution >= 4 is 23.4 Å². The Kier molecular flexibility index (Phi) is 5.23. The molecule has 3 rings (SSSR count). The highest BCUT2D eigenvalue weighted by atomic mass is 32.2. The summed E-state index contributed by atoms with van der Waals surface area (Å²) < 4.78 is 7.38. The predicted octanol–water partition coefficient (Wildman–Crippen LogP) is 3.74. The number of amides is 1. The maximum Gasteiger partial charge on any atom is 0.234 e. The second-order valence-electron chi connectivity index (χ2n) is 5.62. The fraction of sp³-hybridized carbons (Fsp3) is 0.412. The molecule has 0 spiro atoms. The second-order valence-corrected chi connectivity index (χ2v) is 6.57. The Hall–Kier alpha value is -1.95. The molecule has 2 aromatic rings. The van der Waals surface area contributed by atoms with Crippen LogP contribution in [0.1, 0.15) is 31.7 Å². The van der Waals surface area contributed by atoms with Gasteiger partial charge >= 0.3 is 0 Å². The molecule has 1 aliphatic carbocycles. The minimum Gasteiger partial charge on any atom is -0.497 e. The van der Waals surface area contributed by atoms with Gasteiger partial charge in [0.25, 0.3) is 0 Å². The van der Waals surface area contributed by atoms with Crippen molar-refractivity contribution in [3.8, 4) is 5.75 Å². The van der Waals surface area contributed by atoms with Gasteiger partial charge in [-0.3, -0.25) is 4.79 Å². The topological polar surface area (TPSA) is 56.1 Å². The number of ether oxygens (including phenoxy) is 1. The van der Waals surface area contributed by atoms with Crippen LogP contribution < -0.4 is 10.1 Å². The zero-order valence-electron chi connectivity index (χ0n) is 13.2. The summed E-state index contributed by atoms with van der Waals surface area (Å²) in [6, 6.07) is 7.91. The van der Waals surface area contributed by atoms with Crippen molar-refractivity contribution in [2.45, 2.75) is 36.9 Å². The van der Waals surface area contributed by atoms with Gasteiger partial charge in [-0.15, -0.1) is 0 Å². The highest BCUT2D eigenvalue weighted by molar-refractivity contribution is 7.99. The molecule has 0 radical (unpaired) electrons. The summed E-state index contributed by atoms with van der Waals surface area (Å²) >= 11 is 1.49. The first kappa shape index (κ1) is 15.9. The maximum atomic E-state index is 12.1. The molecule has 1 aromatic carbocycles. The van der Waals surface area contributed by atoms with Crippen LogP contribution in [0.3, 0.4) is 0 Å². The van der Waals surface area contributed by atoms with Gasteiger partial charge in [-0.25, -0.2) is 4.98 Å². The summed E-state index contributed by atoms with van der Waals surface area (Å²) in [7, 11) is 1.61. The number of methoxy groups -OCH3 is 1. The monoisotopic (exact) mass is 331 g/mol. The van der Waals surface area contributed by atoms with Crippen molar-refractivity contribution in [1.82, 2.24) is 9.55 Å². The number of hydrogen-bond donors (Lipinski definition) is 1. The number of carbonyl (C=O) groups excluding carboxylic acids is 1. The number of thioether (sulfide) groups is 1. The zero-order valence-corrected chi connectivity index (χ0v) is 14.0. The van der Waals surface area contributed by atoms with E-state index in [0.717, 1.165) is 16.6 Å². The molecule has 1 aromatic heterocycles. The lowest BCUT2D eigenvalue weighted by Gasteiger charge is -2.14. The van der Waals surface area contributed by atoms with Crippen LogP contribution in [-0.4, -0.2) is 28.3 Å². The van der Waals surface area contributed by atoms with Crippen molar-refractivity contribution in [3.63, 3.8) is 0 Å². The maximum absolute atomic E-state index is 12.1. The molecule has 1 aliphatic rings. The number of imidazole rings is 1. The lowest BCUT2D eigenvalue weighted by Crippen LogP contribution is -2.15. The average Bonchev–Trinajstić information content (AvgIpc) is 3.24. The summed E-state index contributed by atoms with van der Waals surface area (Å²) in [5.74, 6) is 1.04. The normalized spacial score (nSPS) is 14.8. The predicted molar refractivity (Wildman–Crippen MR) is 92.1 cm³/mol. The molecule has 1 amide bonds. The summed E-state index contributed by atoms with van der Waals surface area (Å²) in [6.07, 6.45) is 8.82. The van der Waals surface area contributed by atoms with Gasteiger partial charge in [-0.2, -0.15) is 0 Å². The number of nitrogens with one attached hydrogen (secondary N) is 1. The van der Waals surface area contributed by atoms with Gasteiger partial charge in [0.1, 0.15) is 5.75 Å².